The van der Waals surface area contributed by atoms with Gasteiger partial charge in [0, 0.05) is 55.1 Å². The van der Waals surface area contributed by atoms with Crippen molar-refractivity contribution in [1.29, 1.82) is 0 Å². The molecular formula is C31H31FN4O5. The smallest absolute Gasteiger partial charge is 0.230 e. The van der Waals surface area contributed by atoms with E-state index in [2.05, 4.69) is 20.2 Å². The maximum Gasteiger partial charge on any atom is 0.230 e. The van der Waals surface area contributed by atoms with Crippen LogP contribution in [-0.2, 0) is 22.4 Å². The molecule has 5 rings (SSSR count). The zero-order chi connectivity index (χ0) is 28.6. The molecule has 212 valence electrons. The summed E-state index contributed by atoms with van der Waals surface area (Å²) in [6, 6.07) is 18.9. The van der Waals surface area contributed by atoms with Crippen LogP contribution >= 0.6 is 0 Å². The van der Waals surface area contributed by atoms with E-state index in [9.17, 15) is 9.18 Å². The van der Waals surface area contributed by atoms with Crippen molar-refractivity contribution in [2.45, 2.75) is 12.8 Å². The highest BCUT2D eigenvalue weighted by molar-refractivity contribution is 5.83. The highest BCUT2D eigenvalue weighted by Crippen LogP contribution is 2.28. The lowest BCUT2D eigenvalue weighted by atomic mass is 10.0. The van der Waals surface area contributed by atoms with Crippen LogP contribution in [0.2, 0.25) is 0 Å². The quantitative estimate of drug-likeness (QED) is 0.261. The first-order valence-corrected chi connectivity index (χ1v) is 13.2. The first-order chi connectivity index (χ1) is 20.0. The first kappa shape index (κ1) is 27.9. The van der Waals surface area contributed by atoms with Gasteiger partial charge in [0.15, 0.2) is 0 Å². The number of hydrogen-bond acceptors (Lipinski definition) is 9. The van der Waals surface area contributed by atoms with Crippen molar-refractivity contribution >= 4 is 23.1 Å². The van der Waals surface area contributed by atoms with Gasteiger partial charge in [-0.1, -0.05) is 0 Å². The topological polar surface area (TPSA) is 95.0 Å². The van der Waals surface area contributed by atoms with Gasteiger partial charge in [-0.3, -0.25) is 4.79 Å². The first-order valence-electron chi connectivity index (χ1n) is 13.2. The Balaban J connectivity index is 1.34. The van der Waals surface area contributed by atoms with Gasteiger partial charge >= 0.3 is 0 Å². The van der Waals surface area contributed by atoms with Crippen molar-refractivity contribution in [2.75, 3.05) is 50.7 Å². The molecule has 1 N–H and O–H groups in total. The van der Waals surface area contributed by atoms with E-state index in [1.165, 1.54) is 24.3 Å². The molecule has 1 fully saturated rings. The molecular weight excluding hydrogens is 527 g/mol. The number of nitrogens with one attached hydrogen (secondary N) is 1. The molecule has 10 heteroatoms. The lowest BCUT2D eigenvalue weighted by Gasteiger charge is -2.28. The molecule has 1 aromatic heterocycles. The van der Waals surface area contributed by atoms with Crippen molar-refractivity contribution in [3.63, 3.8) is 0 Å². The Morgan fingerprint density at radius 2 is 1.61 bits per heavy atom. The summed E-state index contributed by atoms with van der Waals surface area (Å²) in [5.74, 6) is 1.63. The monoisotopic (exact) mass is 558 g/mol. The minimum Gasteiger partial charge on any atom is -0.497 e. The zero-order valence-electron chi connectivity index (χ0n) is 22.9. The molecule has 1 aliphatic rings. The molecule has 0 bridgehead atoms. The van der Waals surface area contributed by atoms with Gasteiger partial charge in [0.1, 0.15) is 28.8 Å². The van der Waals surface area contributed by atoms with Gasteiger partial charge in [-0.15, -0.1) is 0 Å². The van der Waals surface area contributed by atoms with Crippen LogP contribution in [0.15, 0.2) is 72.9 Å². The summed E-state index contributed by atoms with van der Waals surface area (Å²) in [6.07, 6.45) is 1.75. The van der Waals surface area contributed by atoms with E-state index in [1.54, 1.807) is 38.6 Å². The van der Waals surface area contributed by atoms with Crippen molar-refractivity contribution in [2.24, 2.45) is 0 Å². The maximum absolute atomic E-state index is 13.5. The molecule has 0 amide bonds. The number of ketones is 1. The number of rotatable bonds is 11. The summed E-state index contributed by atoms with van der Waals surface area (Å²) in [5.41, 5.74) is 3.17. The van der Waals surface area contributed by atoms with Crippen LogP contribution in [0.4, 0.5) is 21.7 Å². The molecule has 3 aromatic carbocycles. The fourth-order valence-electron chi connectivity index (χ4n) is 4.45. The molecule has 0 radical (unpaired) electrons. The van der Waals surface area contributed by atoms with Crippen molar-refractivity contribution in [1.82, 2.24) is 9.97 Å². The van der Waals surface area contributed by atoms with Gasteiger partial charge in [-0.2, -0.15) is 4.98 Å². The number of benzene rings is 3. The minimum absolute atomic E-state index is 0.0323. The van der Waals surface area contributed by atoms with Gasteiger partial charge in [-0.05, 0) is 66.2 Å². The van der Waals surface area contributed by atoms with E-state index in [-0.39, 0.29) is 30.3 Å². The number of Topliss-reactive ketones (excluding diaryl/α,β-unsaturated/α-hetero) is 1. The highest BCUT2D eigenvalue weighted by atomic mass is 19.1. The molecule has 2 heterocycles. The van der Waals surface area contributed by atoms with Crippen molar-refractivity contribution in [3.8, 4) is 23.1 Å². The number of ether oxygens (including phenoxy) is 4. The number of methoxy groups -OCH3 is 2. The average molecular weight is 559 g/mol. The standard InChI is InChI=1S/C31H31FN4O5/c1-38-28-16-21(17-29(19-28)39-2)15-26(37)18-22-20-33-31(35-30(22)41-27-9-3-23(32)4-10-27)34-24-5-7-25(8-6-24)36-11-13-40-14-12-36/h3-10,16-17,19-20H,11-15,18H2,1-2H3,(H,33,34,35). The lowest BCUT2D eigenvalue weighted by molar-refractivity contribution is -0.117. The number of hydrogen-bond donors (Lipinski definition) is 1. The number of carbonyl (C=O) groups excluding carboxylic acids is 1. The second kappa shape index (κ2) is 13.1. The van der Waals surface area contributed by atoms with E-state index in [0.29, 0.717) is 42.0 Å². The van der Waals surface area contributed by atoms with E-state index in [4.69, 9.17) is 18.9 Å². The number of halogens is 1. The Labute approximate surface area is 237 Å². The van der Waals surface area contributed by atoms with Crippen molar-refractivity contribution in [3.05, 3.63) is 89.9 Å². The van der Waals surface area contributed by atoms with E-state index >= 15 is 0 Å². The molecule has 41 heavy (non-hydrogen) atoms. The summed E-state index contributed by atoms with van der Waals surface area (Å²) in [4.78, 5) is 24.4. The Kier molecular flexibility index (Phi) is 8.90. The Bertz CT molecular complexity index is 1450. The summed E-state index contributed by atoms with van der Waals surface area (Å²) < 4.78 is 35.5. The third-order valence-electron chi connectivity index (χ3n) is 6.55. The predicted octanol–water partition coefficient (Wildman–Crippen LogP) is 5.36. The van der Waals surface area contributed by atoms with Crippen LogP contribution in [0.5, 0.6) is 23.1 Å². The van der Waals surface area contributed by atoms with Crippen LogP contribution in [0, 0.1) is 5.82 Å². The second-order valence-electron chi connectivity index (χ2n) is 9.46. The summed E-state index contributed by atoms with van der Waals surface area (Å²) >= 11 is 0. The summed E-state index contributed by atoms with van der Waals surface area (Å²) in [7, 11) is 3.12. The van der Waals surface area contributed by atoms with Crippen LogP contribution in [0.1, 0.15) is 11.1 Å². The summed E-state index contributed by atoms with van der Waals surface area (Å²) in [5, 5.41) is 3.20. The van der Waals surface area contributed by atoms with Gasteiger partial charge < -0.3 is 29.2 Å². The summed E-state index contributed by atoms with van der Waals surface area (Å²) in [6.45, 7) is 3.14. The molecule has 1 aliphatic heterocycles. The predicted molar refractivity (Wildman–Crippen MR) is 153 cm³/mol. The van der Waals surface area contributed by atoms with Crippen LogP contribution in [0.25, 0.3) is 0 Å². The Morgan fingerprint density at radius 1 is 0.927 bits per heavy atom. The highest BCUT2D eigenvalue weighted by Gasteiger charge is 2.16. The lowest BCUT2D eigenvalue weighted by Crippen LogP contribution is -2.36. The van der Waals surface area contributed by atoms with Gasteiger partial charge in [0.2, 0.25) is 11.8 Å². The van der Waals surface area contributed by atoms with Crippen LogP contribution < -0.4 is 24.4 Å². The van der Waals surface area contributed by atoms with E-state index in [1.807, 2.05) is 24.3 Å². The normalized spacial score (nSPS) is 13.0. The molecule has 4 aromatic rings. The molecule has 0 unspecified atom stereocenters. The number of anilines is 3. The number of carbonyl (C=O) groups is 1. The third-order valence-corrected chi connectivity index (χ3v) is 6.55. The minimum atomic E-state index is -0.382. The maximum atomic E-state index is 13.5. The number of morpholine rings is 1. The largest absolute Gasteiger partial charge is 0.497 e. The molecule has 9 nitrogen and oxygen atoms in total. The van der Waals surface area contributed by atoms with Gasteiger partial charge in [-0.25, -0.2) is 9.37 Å². The number of nitrogens with zero attached hydrogens (tertiary/aromatic N) is 3. The zero-order valence-corrected chi connectivity index (χ0v) is 22.9. The molecule has 0 spiro atoms. The molecule has 0 atom stereocenters. The third kappa shape index (κ3) is 7.49. The fourth-order valence-corrected chi connectivity index (χ4v) is 4.45. The van der Waals surface area contributed by atoms with Gasteiger partial charge in [0.25, 0.3) is 0 Å². The Morgan fingerprint density at radius 3 is 2.27 bits per heavy atom. The molecule has 0 saturated carbocycles. The van der Waals surface area contributed by atoms with Crippen LogP contribution in [0.3, 0.4) is 0 Å². The van der Waals surface area contributed by atoms with E-state index in [0.717, 1.165) is 30.0 Å². The fraction of sp³-hybridized carbons (Fsp3) is 0.258. The SMILES string of the molecule is COc1cc(CC(=O)Cc2cnc(Nc3ccc(N4CCOCC4)cc3)nc2Oc2ccc(F)cc2)cc(OC)c1. The number of aromatic nitrogens is 2. The Hall–Kier alpha value is -4.70. The van der Waals surface area contributed by atoms with Crippen molar-refractivity contribution < 1.29 is 28.1 Å². The molecule has 1 saturated heterocycles. The second-order valence-corrected chi connectivity index (χ2v) is 9.46. The van der Waals surface area contributed by atoms with Crippen LogP contribution in [-0.4, -0.2) is 56.3 Å². The molecule has 0 aliphatic carbocycles. The van der Waals surface area contributed by atoms with E-state index < -0.39 is 0 Å². The average Bonchev–Trinajstić information content (AvgIpc) is 3.00. The van der Waals surface area contributed by atoms with Gasteiger partial charge in [0.05, 0.1) is 27.4 Å².